The van der Waals surface area contributed by atoms with Gasteiger partial charge in [0.2, 0.25) is 19.6 Å². The van der Waals surface area contributed by atoms with Crippen molar-refractivity contribution in [1.29, 1.82) is 1.34 Å². The first-order valence-electron chi connectivity index (χ1n) is 19.1. The predicted octanol–water partition coefficient (Wildman–Crippen LogP) is 5.36. The number of amidine groups is 1. The minimum absolute atomic E-state index is 0. The summed E-state index contributed by atoms with van der Waals surface area (Å²) in [5.41, 5.74) is 1.39. The van der Waals surface area contributed by atoms with E-state index in [0.717, 1.165) is 0 Å². The Bertz CT molecular complexity index is 1330. The number of hydrogen-bond donors (Lipinski definition) is 6. The molecule has 0 unspecified atom stereocenters. The summed E-state index contributed by atoms with van der Waals surface area (Å²) in [5, 5.41) is 23.4. The first kappa shape index (κ1) is 65.7. The summed E-state index contributed by atoms with van der Waals surface area (Å²) in [6, 6.07) is 0. The number of guanidine groups is 1. The topological polar surface area (TPSA) is 285 Å². The van der Waals surface area contributed by atoms with Crippen LogP contribution in [0.2, 0.25) is 0 Å². The Morgan fingerprint density at radius 3 is 1.10 bits per heavy atom. The van der Waals surface area contributed by atoms with E-state index in [1.54, 1.807) is 104 Å². The second kappa shape index (κ2) is 32.3. The van der Waals surface area contributed by atoms with Gasteiger partial charge in [-0.3, -0.25) is 30.5 Å². The molecular formula is C38H76BN6O14U. The van der Waals surface area contributed by atoms with Gasteiger partial charge in [0, 0.05) is 44.6 Å². The number of rotatable bonds is 4. The van der Waals surface area contributed by atoms with Crippen LogP contribution in [0.4, 0.5) is 24.0 Å². The molecule has 0 aliphatic heterocycles. The van der Waals surface area contributed by atoms with Crippen LogP contribution in [0.1, 0.15) is 138 Å². The van der Waals surface area contributed by atoms with Gasteiger partial charge in [0.05, 0.1) is 19.8 Å². The summed E-state index contributed by atoms with van der Waals surface area (Å²) < 4.78 is 36.1. The van der Waals surface area contributed by atoms with Crippen molar-refractivity contribution in [3.63, 3.8) is 0 Å². The number of hydrogen-bond acceptors (Lipinski definition) is 16. The number of carbonyl (C=O) groups excluding carboxylic acids is 6. The molecule has 22 heteroatoms. The summed E-state index contributed by atoms with van der Waals surface area (Å²) in [5.74, 6) is -0.842. The largest absolute Gasteiger partial charge is 0.469 e. The number of aliphatic hydroxyl groups excluding tert-OH is 2. The van der Waals surface area contributed by atoms with Crippen LogP contribution in [-0.4, -0.2) is 127 Å². The van der Waals surface area contributed by atoms with Gasteiger partial charge in [0.15, 0.2) is 0 Å². The van der Waals surface area contributed by atoms with Gasteiger partial charge in [-0.15, -0.1) is 0 Å². The van der Waals surface area contributed by atoms with E-state index in [1.165, 1.54) is 13.8 Å². The van der Waals surface area contributed by atoms with E-state index in [-0.39, 0.29) is 74.2 Å². The average molecular weight is 1090 g/mol. The SMILES string of the molecule is CC(=NC(=O)OC(C)(C)C)NC(=O)OC(C)(C)C.CC(=O)OC(C)(C)C.CC(C)(C)OC(=O)NC(=NCCO)NC(=O)OC(C)(C)C.NCCO.[3H][B]C(=O)OC(C)(C)C.[U]. The van der Waals surface area contributed by atoms with E-state index >= 15 is 0 Å². The zero-order chi connectivity index (χ0) is 48.9. The maximum absolute atomic E-state index is 11.6. The van der Waals surface area contributed by atoms with E-state index < -0.39 is 58.2 Å². The Labute approximate surface area is 384 Å². The van der Waals surface area contributed by atoms with Crippen LogP contribution in [0.15, 0.2) is 9.98 Å². The molecule has 60 heavy (non-hydrogen) atoms. The Kier molecular flexibility index (Phi) is 35.3. The van der Waals surface area contributed by atoms with Gasteiger partial charge in [-0.25, -0.2) is 19.2 Å². The first-order chi connectivity index (χ1) is 26.6. The van der Waals surface area contributed by atoms with Gasteiger partial charge in [-0.2, -0.15) is 4.99 Å². The molecule has 4 amide bonds. The molecule has 7 N–H and O–H groups in total. The number of carbonyl (C=O) groups is 6. The first-order valence-corrected chi connectivity index (χ1v) is 18.5. The van der Waals surface area contributed by atoms with Gasteiger partial charge in [-0.1, -0.05) is 0 Å². The fraction of sp³-hybridized carbons (Fsp3) is 0.789. The maximum atomic E-state index is 11.6. The molecule has 0 spiro atoms. The molecule has 0 aliphatic carbocycles. The normalized spacial score (nSPS) is 11.4. The fourth-order valence-corrected chi connectivity index (χ4v) is 2.71. The number of esters is 1. The number of nitrogens with zero attached hydrogens (tertiary/aromatic N) is 2. The average Bonchev–Trinajstić information content (AvgIpc) is 2.94. The van der Waals surface area contributed by atoms with Crippen LogP contribution in [0.5, 0.6) is 0 Å². The Hall–Kier alpha value is -3.44. The standard InChI is InChI=1S/C13H25N3O5.C12H22N2O4.C6H12O2.C5H10BO2.C2H7NO.U/c1-12(2,3)20-10(18)15-9(14-7-8-17)16-11(19)21-13(4,5)6;1-8(13-9(15)17-11(2,3)4)14-10(16)18-12(5,6)7;1-5(7)8-6(2,3)4;1-5(2,3)8-4(6)7;3-1-2-4;/h17H,7-8H2,1-6H3,(H2,14,15,16,18,19);1-7H3,(H,13,14,15,16);1-4H3;6H,1-3H3;4H,1-3H2;/i;;;6T;;. The molecule has 0 heterocycles. The molecule has 0 aromatic heterocycles. The molecule has 20 nitrogen and oxygen atoms in total. The molecule has 0 saturated carbocycles. The minimum Gasteiger partial charge on any atom is -0.469 e. The predicted molar refractivity (Wildman–Crippen MR) is 228 cm³/mol. The van der Waals surface area contributed by atoms with Crippen molar-refractivity contribution in [2.75, 3.05) is 26.3 Å². The van der Waals surface area contributed by atoms with Crippen molar-refractivity contribution in [3.05, 3.63) is 0 Å². The Morgan fingerprint density at radius 1 is 0.567 bits per heavy atom. The summed E-state index contributed by atoms with van der Waals surface area (Å²) in [7, 11) is 0.658. The summed E-state index contributed by atoms with van der Waals surface area (Å²) in [4.78, 5) is 74.0. The number of aliphatic imine (C=N–C) groups is 2. The third-order valence-corrected chi connectivity index (χ3v) is 3.93. The number of alkyl carbamates (subject to hydrolysis) is 3. The second-order valence-corrected chi connectivity index (χ2v) is 17.8. The number of amides is 4. The van der Waals surface area contributed by atoms with E-state index in [1.807, 2.05) is 20.8 Å². The molecule has 0 aromatic rings. The van der Waals surface area contributed by atoms with Gasteiger partial charge in [-0.05, 0) is 133 Å². The quantitative estimate of drug-likeness (QED) is 0.0680. The second-order valence-electron chi connectivity index (χ2n) is 17.8. The van der Waals surface area contributed by atoms with E-state index in [9.17, 15) is 28.8 Å². The third kappa shape index (κ3) is 69.2. The van der Waals surface area contributed by atoms with Crippen LogP contribution in [0.25, 0.3) is 0 Å². The number of nitrogens with one attached hydrogen (secondary N) is 3. The van der Waals surface area contributed by atoms with Crippen molar-refractivity contribution in [2.45, 2.75) is 172 Å². The summed E-state index contributed by atoms with van der Waals surface area (Å²) in [6.07, 6.45) is -2.95. The molecular weight excluding hydrogens is 1010 g/mol. The minimum atomic E-state index is -0.768. The van der Waals surface area contributed by atoms with Crippen molar-refractivity contribution < 1.29 is 98.5 Å². The number of aliphatic hydroxyl groups is 2. The maximum Gasteiger partial charge on any atom is 0.435 e. The molecule has 0 aliphatic rings. The Morgan fingerprint density at radius 2 is 0.883 bits per heavy atom. The molecule has 0 aromatic carbocycles. The monoisotopic (exact) mass is 1090 g/mol. The molecule has 0 saturated heterocycles. The zero-order valence-electron chi connectivity index (χ0n) is 40.7. The zero-order valence-corrected chi connectivity index (χ0v) is 43.8. The van der Waals surface area contributed by atoms with Gasteiger partial charge in [0.25, 0.3) is 0 Å². The van der Waals surface area contributed by atoms with Gasteiger partial charge < -0.3 is 44.4 Å². The van der Waals surface area contributed by atoms with Gasteiger partial charge >= 0.3 is 30.3 Å². The number of nitrogens with two attached hydrogens (primary N) is 1. The van der Waals surface area contributed by atoms with E-state index in [4.69, 9.17) is 45.7 Å². The van der Waals surface area contributed by atoms with Crippen LogP contribution < -0.4 is 21.7 Å². The fourth-order valence-electron chi connectivity index (χ4n) is 2.71. The summed E-state index contributed by atoms with van der Waals surface area (Å²) in [6.45, 7) is 34.6. The van der Waals surface area contributed by atoms with Crippen LogP contribution in [-0.2, 0) is 33.2 Å². The summed E-state index contributed by atoms with van der Waals surface area (Å²) >= 11 is 0. The molecule has 0 atom stereocenters. The van der Waals surface area contributed by atoms with Crippen molar-refractivity contribution in [3.8, 4) is 0 Å². The number of ether oxygens (including phenoxy) is 6. The van der Waals surface area contributed by atoms with Crippen LogP contribution >= 0.6 is 0 Å². The molecule has 0 bridgehead atoms. The molecule has 1 radical (unpaired) electrons. The van der Waals surface area contributed by atoms with Gasteiger partial charge in [0.1, 0.15) is 39.4 Å². The van der Waals surface area contributed by atoms with Crippen LogP contribution in [0, 0.1) is 31.1 Å². The third-order valence-electron chi connectivity index (χ3n) is 3.93. The van der Waals surface area contributed by atoms with Crippen molar-refractivity contribution in [1.82, 2.24) is 16.0 Å². The Balaban J connectivity index is -0.000000170. The van der Waals surface area contributed by atoms with Crippen LogP contribution in [0.3, 0.4) is 0 Å². The molecule has 349 valence electrons. The van der Waals surface area contributed by atoms with Crippen molar-refractivity contribution in [2.24, 2.45) is 15.7 Å². The smallest absolute Gasteiger partial charge is 0.435 e. The van der Waals surface area contributed by atoms with E-state index in [0.29, 0.717) is 14.4 Å². The molecule has 0 fully saturated rings. The van der Waals surface area contributed by atoms with Crippen molar-refractivity contribution >= 4 is 55.8 Å². The molecule has 0 rings (SSSR count). The van der Waals surface area contributed by atoms with E-state index in [2.05, 4.69) is 25.9 Å².